The fourth-order valence-corrected chi connectivity index (χ4v) is 1.19. The third kappa shape index (κ3) is 4.18. The predicted molar refractivity (Wildman–Crippen MR) is 68.5 cm³/mol. The van der Waals surface area contributed by atoms with Gasteiger partial charge in [0.1, 0.15) is 5.76 Å². The summed E-state index contributed by atoms with van der Waals surface area (Å²) < 4.78 is 5.45. The van der Waals surface area contributed by atoms with Crippen LogP contribution in [0.2, 0.25) is 0 Å². The lowest BCUT2D eigenvalue weighted by atomic mass is 9.93. The van der Waals surface area contributed by atoms with E-state index in [0.29, 0.717) is 6.54 Å². The summed E-state index contributed by atoms with van der Waals surface area (Å²) in [5.74, 6) is 0.862. The van der Waals surface area contributed by atoms with Crippen LogP contribution in [0.3, 0.4) is 0 Å². The highest BCUT2D eigenvalue weighted by Crippen LogP contribution is 2.24. The molecule has 0 unspecified atom stereocenters. The number of hydrogen-bond acceptors (Lipinski definition) is 2. The van der Waals surface area contributed by atoms with Crippen molar-refractivity contribution in [1.29, 1.82) is 0 Å². The van der Waals surface area contributed by atoms with E-state index in [1.807, 2.05) is 6.07 Å². The first-order valence-corrected chi connectivity index (χ1v) is 5.26. The summed E-state index contributed by atoms with van der Waals surface area (Å²) >= 11 is 0. The minimum Gasteiger partial charge on any atom is -0.468 e. The van der Waals surface area contributed by atoms with Gasteiger partial charge in [0.15, 0.2) is 5.96 Å². The molecule has 6 heteroatoms. The zero-order chi connectivity index (χ0) is 13.1. The molecule has 0 aliphatic heterocycles. The summed E-state index contributed by atoms with van der Waals surface area (Å²) in [7, 11) is 0. The van der Waals surface area contributed by atoms with Crippen molar-refractivity contribution in [3.8, 4) is 0 Å². The molecule has 0 amide bonds. The Balaban J connectivity index is 2.71. The minimum absolute atomic E-state index is 0.0205. The van der Waals surface area contributed by atoms with Crippen molar-refractivity contribution in [2.45, 2.75) is 32.7 Å². The van der Waals surface area contributed by atoms with Crippen molar-refractivity contribution in [2.75, 3.05) is 0 Å². The van der Waals surface area contributed by atoms with Crippen molar-refractivity contribution in [3.63, 3.8) is 0 Å². The maximum Gasteiger partial charge on any atom is 0.218 e. The molecule has 1 heterocycles. The van der Waals surface area contributed by atoms with Crippen molar-refractivity contribution in [2.24, 2.45) is 27.2 Å². The Kier molecular flexibility index (Phi) is 3.77. The van der Waals surface area contributed by atoms with E-state index < -0.39 is 0 Å². The predicted octanol–water partition coefficient (Wildman–Crippen LogP) is 0.665. The third-order valence-electron chi connectivity index (χ3n) is 2.06. The fourth-order valence-electron chi connectivity index (χ4n) is 1.19. The Labute approximate surface area is 101 Å². The van der Waals surface area contributed by atoms with Crippen LogP contribution < -0.4 is 17.2 Å². The van der Waals surface area contributed by atoms with Crippen LogP contribution in [-0.4, -0.2) is 11.9 Å². The molecule has 0 aromatic carbocycles. The topological polar surface area (TPSA) is 116 Å². The van der Waals surface area contributed by atoms with Gasteiger partial charge in [-0.2, -0.15) is 4.99 Å². The van der Waals surface area contributed by atoms with E-state index in [2.05, 4.69) is 30.8 Å². The summed E-state index contributed by atoms with van der Waals surface area (Å²) in [4.78, 5) is 7.63. The van der Waals surface area contributed by atoms with Gasteiger partial charge in [0.2, 0.25) is 5.96 Å². The molecule has 0 radical (unpaired) electrons. The number of guanidine groups is 2. The molecule has 6 N–H and O–H groups in total. The number of aliphatic imine (C=N–C) groups is 2. The molecule has 1 aromatic heterocycles. The monoisotopic (exact) mass is 237 g/mol. The second-order valence-electron chi connectivity index (χ2n) is 4.78. The number of furan rings is 1. The number of nitrogens with zero attached hydrogens (tertiary/aromatic N) is 2. The molecule has 0 bridgehead atoms. The molecular weight excluding hydrogens is 218 g/mol. The lowest BCUT2D eigenvalue weighted by molar-refractivity contribution is 0.409. The Bertz CT molecular complexity index is 435. The fraction of sp³-hybridized carbons (Fsp3) is 0.455. The molecular formula is C11H19N5O. The van der Waals surface area contributed by atoms with Gasteiger partial charge < -0.3 is 21.6 Å². The largest absolute Gasteiger partial charge is 0.468 e. The molecule has 0 aliphatic rings. The summed E-state index contributed by atoms with van der Waals surface area (Å²) in [5, 5.41) is 0. The van der Waals surface area contributed by atoms with E-state index in [0.717, 1.165) is 11.3 Å². The van der Waals surface area contributed by atoms with Gasteiger partial charge >= 0.3 is 0 Å². The second kappa shape index (κ2) is 4.90. The lowest BCUT2D eigenvalue weighted by Gasteiger charge is -2.13. The standard InChI is InChI=1S/C11H19N5O/c1-11(2,3)8-4-7(6-17-8)5-15-10(14)16-9(12)13/h4,6H,5H2,1-3H3,(H6,12,13,14,15,16). The summed E-state index contributed by atoms with van der Waals surface area (Å²) in [6.07, 6.45) is 1.66. The highest BCUT2D eigenvalue weighted by molar-refractivity contribution is 5.92. The van der Waals surface area contributed by atoms with Gasteiger partial charge in [-0.1, -0.05) is 20.8 Å². The average Bonchev–Trinajstić information content (AvgIpc) is 2.61. The molecule has 0 saturated carbocycles. The molecule has 0 saturated heterocycles. The summed E-state index contributed by atoms with van der Waals surface area (Å²) in [6.45, 7) is 6.62. The Hall–Kier alpha value is -1.98. The minimum atomic E-state index is -0.103. The van der Waals surface area contributed by atoms with Crippen molar-refractivity contribution in [1.82, 2.24) is 0 Å². The van der Waals surface area contributed by atoms with E-state index in [9.17, 15) is 0 Å². The zero-order valence-corrected chi connectivity index (χ0v) is 10.4. The first-order valence-electron chi connectivity index (χ1n) is 5.26. The van der Waals surface area contributed by atoms with Crippen LogP contribution in [0.25, 0.3) is 0 Å². The van der Waals surface area contributed by atoms with Crippen LogP contribution in [0.15, 0.2) is 26.7 Å². The van der Waals surface area contributed by atoms with E-state index >= 15 is 0 Å². The molecule has 0 spiro atoms. The van der Waals surface area contributed by atoms with Gasteiger partial charge in [-0.05, 0) is 6.07 Å². The molecule has 17 heavy (non-hydrogen) atoms. The SMILES string of the molecule is CC(C)(C)c1cc(CN=C(N)N=C(N)N)co1. The Morgan fingerprint density at radius 2 is 1.94 bits per heavy atom. The van der Waals surface area contributed by atoms with E-state index in [-0.39, 0.29) is 17.3 Å². The van der Waals surface area contributed by atoms with Crippen molar-refractivity contribution >= 4 is 11.9 Å². The van der Waals surface area contributed by atoms with Gasteiger partial charge in [0, 0.05) is 11.0 Å². The van der Waals surface area contributed by atoms with Gasteiger partial charge in [-0.3, -0.25) is 0 Å². The third-order valence-corrected chi connectivity index (χ3v) is 2.06. The van der Waals surface area contributed by atoms with Crippen LogP contribution in [0.4, 0.5) is 0 Å². The van der Waals surface area contributed by atoms with Crippen LogP contribution in [0, 0.1) is 0 Å². The lowest BCUT2D eigenvalue weighted by Crippen LogP contribution is -2.26. The highest BCUT2D eigenvalue weighted by atomic mass is 16.3. The van der Waals surface area contributed by atoms with E-state index in [1.54, 1.807) is 6.26 Å². The first-order chi connectivity index (χ1) is 7.79. The van der Waals surface area contributed by atoms with Crippen LogP contribution in [0.5, 0.6) is 0 Å². The number of nitrogens with two attached hydrogens (primary N) is 3. The van der Waals surface area contributed by atoms with Gasteiger partial charge in [0.05, 0.1) is 12.8 Å². The van der Waals surface area contributed by atoms with Crippen molar-refractivity contribution < 1.29 is 4.42 Å². The Morgan fingerprint density at radius 1 is 1.29 bits per heavy atom. The summed E-state index contributed by atoms with van der Waals surface area (Å²) in [5.41, 5.74) is 16.7. The van der Waals surface area contributed by atoms with Gasteiger partial charge in [0.25, 0.3) is 0 Å². The van der Waals surface area contributed by atoms with E-state index in [4.69, 9.17) is 21.6 Å². The summed E-state index contributed by atoms with van der Waals surface area (Å²) in [6, 6.07) is 1.95. The van der Waals surface area contributed by atoms with Gasteiger partial charge in [-0.25, -0.2) is 4.99 Å². The van der Waals surface area contributed by atoms with Crippen LogP contribution in [-0.2, 0) is 12.0 Å². The quantitative estimate of drug-likeness (QED) is 0.517. The normalized spacial score (nSPS) is 12.5. The molecule has 6 nitrogen and oxygen atoms in total. The molecule has 0 aliphatic carbocycles. The van der Waals surface area contributed by atoms with Crippen LogP contribution >= 0.6 is 0 Å². The molecule has 94 valence electrons. The second-order valence-corrected chi connectivity index (χ2v) is 4.78. The van der Waals surface area contributed by atoms with E-state index in [1.165, 1.54) is 0 Å². The maximum absolute atomic E-state index is 5.49. The maximum atomic E-state index is 5.49. The molecule has 0 atom stereocenters. The van der Waals surface area contributed by atoms with Crippen LogP contribution in [0.1, 0.15) is 32.1 Å². The first kappa shape index (κ1) is 13.1. The number of rotatable bonds is 2. The average molecular weight is 237 g/mol. The molecule has 1 rings (SSSR count). The van der Waals surface area contributed by atoms with Gasteiger partial charge in [-0.15, -0.1) is 0 Å². The zero-order valence-electron chi connectivity index (χ0n) is 10.4. The van der Waals surface area contributed by atoms with Crippen molar-refractivity contribution in [3.05, 3.63) is 23.7 Å². The smallest absolute Gasteiger partial charge is 0.218 e. The molecule has 1 aromatic rings. The number of hydrogen-bond donors (Lipinski definition) is 3. The Morgan fingerprint density at radius 3 is 2.41 bits per heavy atom. The highest BCUT2D eigenvalue weighted by Gasteiger charge is 2.17. The molecule has 0 fully saturated rings.